The van der Waals surface area contributed by atoms with Crippen molar-refractivity contribution in [2.45, 2.75) is 19.2 Å². The molecular weight excluding hydrogens is 416 g/mol. The van der Waals surface area contributed by atoms with Gasteiger partial charge in [0.2, 0.25) is 0 Å². The average Bonchev–Trinajstić information content (AvgIpc) is 3.29. The van der Waals surface area contributed by atoms with Crippen LogP contribution in [0, 0.1) is 17.3 Å². The van der Waals surface area contributed by atoms with Crippen LogP contribution in [0.4, 0.5) is 5.69 Å². The van der Waals surface area contributed by atoms with Gasteiger partial charge in [0.1, 0.15) is 5.37 Å². The molecule has 1 atom stereocenters. The maximum Gasteiger partial charge on any atom is 0.174 e. The van der Waals surface area contributed by atoms with E-state index in [2.05, 4.69) is 28.1 Å². The second-order valence-corrected chi connectivity index (χ2v) is 9.98. The predicted octanol–water partition coefficient (Wildman–Crippen LogP) is 5.22. The number of halogens is 1. The molecule has 27 heavy (non-hydrogen) atoms. The van der Waals surface area contributed by atoms with Crippen molar-refractivity contribution in [3.8, 4) is 11.8 Å². The van der Waals surface area contributed by atoms with E-state index >= 15 is 0 Å². The highest BCUT2D eigenvalue weighted by molar-refractivity contribution is 7.99. The maximum atomic E-state index is 9.35. The smallest absolute Gasteiger partial charge is 0.174 e. The minimum absolute atomic E-state index is 0.0495. The summed E-state index contributed by atoms with van der Waals surface area (Å²) in [7, 11) is 0. The van der Waals surface area contributed by atoms with Crippen LogP contribution in [0.5, 0.6) is 0 Å². The van der Waals surface area contributed by atoms with Crippen LogP contribution in [0.2, 0.25) is 5.02 Å². The van der Waals surface area contributed by atoms with Crippen LogP contribution in [0.3, 0.4) is 0 Å². The van der Waals surface area contributed by atoms with Crippen LogP contribution in [0.15, 0.2) is 36.4 Å². The van der Waals surface area contributed by atoms with Crippen molar-refractivity contribution in [1.29, 1.82) is 0 Å². The van der Waals surface area contributed by atoms with Gasteiger partial charge in [-0.25, -0.2) is 0 Å². The third kappa shape index (κ3) is 5.40. The highest BCUT2D eigenvalue weighted by Crippen LogP contribution is 2.41. The number of aliphatic hydroxyl groups excluding tert-OH is 1. The molecule has 3 nitrogen and oxygen atoms in total. The van der Waals surface area contributed by atoms with Crippen molar-refractivity contribution in [3.63, 3.8) is 0 Å². The number of benzene rings is 1. The van der Waals surface area contributed by atoms with Crippen LogP contribution in [0.1, 0.15) is 29.0 Å². The van der Waals surface area contributed by atoms with Crippen molar-refractivity contribution >= 4 is 57.7 Å². The standard InChI is InChI=1S/C20H21ClN2OS3/c1-20(2,13-24)9-8-16-6-7-17(27-16)18-23(10-11-26-18)19(25)22-15-5-3-4-14(21)12-15/h3-7,12,18,24H,10-11,13H2,1-2H3,(H,22,25)/t18-/m1/s1. The van der Waals surface area contributed by atoms with Gasteiger partial charge in [0, 0.05) is 33.3 Å². The molecule has 7 heteroatoms. The number of rotatable bonds is 3. The van der Waals surface area contributed by atoms with Crippen LogP contribution >= 0.6 is 46.9 Å². The molecular formula is C20H21ClN2OS3. The van der Waals surface area contributed by atoms with Gasteiger partial charge in [-0.15, -0.1) is 23.1 Å². The van der Waals surface area contributed by atoms with E-state index in [-0.39, 0.29) is 17.4 Å². The number of thiophene rings is 1. The molecule has 0 spiro atoms. The topological polar surface area (TPSA) is 35.5 Å². The fourth-order valence-electron chi connectivity index (χ4n) is 2.50. The number of thiocarbonyl (C=S) groups is 1. The Balaban J connectivity index is 1.72. The van der Waals surface area contributed by atoms with Crippen molar-refractivity contribution in [3.05, 3.63) is 51.2 Å². The number of nitrogens with one attached hydrogen (secondary N) is 1. The lowest BCUT2D eigenvalue weighted by molar-refractivity contribution is 0.207. The molecule has 0 radical (unpaired) electrons. The maximum absolute atomic E-state index is 9.35. The Morgan fingerprint density at radius 1 is 1.41 bits per heavy atom. The largest absolute Gasteiger partial charge is 0.395 e. The quantitative estimate of drug-likeness (QED) is 0.509. The molecule has 1 aromatic carbocycles. The molecule has 1 saturated heterocycles. The number of nitrogens with zero attached hydrogens (tertiary/aromatic N) is 1. The summed E-state index contributed by atoms with van der Waals surface area (Å²) in [5.74, 6) is 7.35. The third-order valence-electron chi connectivity index (χ3n) is 4.02. The van der Waals surface area contributed by atoms with Crippen molar-refractivity contribution < 1.29 is 5.11 Å². The summed E-state index contributed by atoms with van der Waals surface area (Å²) in [6.45, 7) is 4.82. The first-order valence-corrected chi connectivity index (χ1v) is 11.2. The predicted molar refractivity (Wildman–Crippen MR) is 122 cm³/mol. The zero-order valence-corrected chi connectivity index (χ0v) is 18.4. The number of hydrogen-bond donors (Lipinski definition) is 2. The van der Waals surface area contributed by atoms with Crippen LogP contribution in [-0.2, 0) is 0 Å². The summed E-state index contributed by atoms with van der Waals surface area (Å²) in [6, 6.07) is 11.7. The first-order chi connectivity index (χ1) is 12.9. The van der Waals surface area contributed by atoms with Crippen LogP contribution < -0.4 is 5.32 Å². The summed E-state index contributed by atoms with van der Waals surface area (Å²) in [6.07, 6.45) is 0. The van der Waals surface area contributed by atoms with E-state index in [9.17, 15) is 5.11 Å². The summed E-state index contributed by atoms with van der Waals surface area (Å²) in [4.78, 5) is 4.45. The van der Waals surface area contributed by atoms with E-state index in [4.69, 9.17) is 23.8 Å². The highest BCUT2D eigenvalue weighted by atomic mass is 35.5. The molecule has 0 unspecified atom stereocenters. The summed E-state index contributed by atoms with van der Waals surface area (Å²) in [5, 5.41) is 14.2. The Bertz CT molecular complexity index is 885. The van der Waals surface area contributed by atoms with E-state index in [1.165, 1.54) is 4.88 Å². The lowest BCUT2D eigenvalue weighted by atomic mass is 9.96. The van der Waals surface area contributed by atoms with E-state index in [1.54, 1.807) is 11.3 Å². The van der Waals surface area contributed by atoms with Gasteiger partial charge >= 0.3 is 0 Å². The molecule has 142 valence electrons. The zero-order chi connectivity index (χ0) is 19.4. The van der Waals surface area contributed by atoms with E-state index in [0.717, 1.165) is 22.9 Å². The molecule has 1 fully saturated rings. The third-order valence-corrected chi connectivity index (χ3v) is 7.03. The molecule has 0 bridgehead atoms. The van der Waals surface area contributed by atoms with Gasteiger partial charge in [-0.3, -0.25) is 0 Å². The monoisotopic (exact) mass is 436 g/mol. The minimum atomic E-state index is -0.388. The average molecular weight is 437 g/mol. The molecule has 2 N–H and O–H groups in total. The molecule has 2 aromatic rings. The van der Waals surface area contributed by atoms with E-state index in [0.29, 0.717) is 10.1 Å². The molecule has 3 rings (SSSR count). The Morgan fingerprint density at radius 2 is 2.22 bits per heavy atom. The van der Waals surface area contributed by atoms with Gasteiger partial charge in [-0.2, -0.15) is 0 Å². The van der Waals surface area contributed by atoms with Gasteiger partial charge in [0.25, 0.3) is 0 Å². The first kappa shape index (κ1) is 20.5. The molecule has 2 heterocycles. The Labute approximate surface area is 179 Å². The fourth-order valence-corrected chi connectivity index (χ4v) is 5.43. The minimum Gasteiger partial charge on any atom is -0.395 e. The Hall–Kier alpha value is -1.23. The zero-order valence-electron chi connectivity index (χ0n) is 15.2. The second kappa shape index (κ2) is 8.85. The summed E-state index contributed by atoms with van der Waals surface area (Å²) in [5.41, 5.74) is 0.507. The molecule has 0 saturated carbocycles. The number of aliphatic hydroxyl groups is 1. The van der Waals surface area contributed by atoms with E-state index < -0.39 is 0 Å². The van der Waals surface area contributed by atoms with Gasteiger partial charge in [0.15, 0.2) is 5.11 Å². The summed E-state index contributed by atoms with van der Waals surface area (Å²) >= 11 is 15.3. The van der Waals surface area contributed by atoms with Gasteiger partial charge < -0.3 is 15.3 Å². The van der Waals surface area contributed by atoms with Gasteiger partial charge in [-0.1, -0.05) is 29.5 Å². The second-order valence-electron chi connectivity index (χ2n) is 6.85. The SMILES string of the molecule is CC(C)(C#Cc1ccc([C@H]2SCCN2C(=S)Nc2cccc(Cl)c2)s1)CO. The molecule has 1 aliphatic heterocycles. The van der Waals surface area contributed by atoms with Crippen molar-refractivity contribution in [1.82, 2.24) is 4.90 Å². The molecule has 0 aliphatic carbocycles. The number of thioether (sulfide) groups is 1. The first-order valence-electron chi connectivity index (χ1n) is 8.56. The van der Waals surface area contributed by atoms with E-state index in [1.807, 2.05) is 55.9 Å². The lowest BCUT2D eigenvalue weighted by Gasteiger charge is -2.26. The number of hydrogen-bond acceptors (Lipinski definition) is 4. The van der Waals surface area contributed by atoms with Crippen LogP contribution in [-0.4, -0.2) is 34.0 Å². The Kier molecular flexibility index (Phi) is 6.72. The molecule has 1 aliphatic rings. The molecule has 1 aromatic heterocycles. The van der Waals surface area contributed by atoms with Crippen molar-refractivity contribution in [2.75, 3.05) is 24.2 Å². The van der Waals surface area contributed by atoms with Crippen molar-refractivity contribution in [2.24, 2.45) is 5.41 Å². The van der Waals surface area contributed by atoms with Gasteiger partial charge in [0.05, 0.1) is 11.5 Å². The molecule has 0 amide bonds. The normalized spacial score (nSPS) is 16.7. The Morgan fingerprint density at radius 3 is 2.96 bits per heavy atom. The summed E-state index contributed by atoms with van der Waals surface area (Å²) < 4.78 is 0. The fraction of sp³-hybridized carbons (Fsp3) is 0.350. The number of anilines is 1. The lowest BCUT2D eigenvalue weighted by Crippen LogP contribution is -2.33. The van der Waals surface area contributed by atoms with Crippen LogP contribution in [0.25, 0.3) is 0 Å². The van der Waals surface area contributed by atoms with Gasteiger partial charge in [-0.05, 0) is 56.4 Å². The highest BCUT2D eigenvalue weighted by Gasteiger charge is 2.30.